The lowest BCUT2D eigenvalue weighted by Crippen LogP contribution is -2.50. The third kappa shape index (κ3) is 12.8. The Morgan fingerprint density at radius 3 is 1.89 bits per heavy atom. The smallest absolute Gasteiger partial charge is 0.384 e. The van der Waals surface area contributed by atoms with Gasteiger partial charge in [0.25, 0.3) is 11.4 Å². The maximum absolute atomic E-state index is 15.9. The molecule has 2 rings (SSSR count). The molecule has 1 fully saturated rings. The highest BCUT2D eigenvalue weighted by Crippen LogP contribution is 2.52. The highest BCUT2D eigenvalue weighted by molar-refractivity contribution is 8.14. The van der Waals surface area contributed by atoms with Crippen molar-refractivity contribution in [3.63, 3.8) is 0 Å². The van der Waals surface area contributed by atoms with E-state index in [-0.39, 0.29) is 49.9 Å². The maximum atomic E-state index is 15.9. The van der Waals surface area contributed by atoms with Gasteiger partial charge in [-0.25, -0.2) is 13.8 Å². The Morgan fingerprint density at radius 1 is 0.957 bits per heavy atom. The molecule has 4 unspecified atom stereocenters. The molecule has 2 heterocycles. The molecule has 0 aromatic carbocycles. The second-order valence-corrected chi connectivity index (χ2v) is 16.6. The van der Waals surface area contributed by atoms with Crippen LogP contribution in [0, 0.1) is 10.8 Å². The number of thioether (sulfide) groups is 2. The number of aliphatic hydroxyl groups excluding tert-OH is 1. The fraction of sp³-hybridized carbons (Fsp3) is 0.786. The Morgan fingerprint density at radius 2 is 1.45 bits per heavy atom. The van der Waals surface area contributed by atoms with E-state index in [9.17, 15) is 34.0 Å². The summed E-state index contributed by atoms with van der Waals surface area (Å²) in [5.74, 6) is -2.47. The van der Waals surface area contributed by atoms with Crippen molar-refractivity contribution < 1.29 is 56.5 Å². The number of carbonyl (C=O) groups is 2. The van der Waals surface area contributed by atoms with Crippen LogP contribution < -0.4 is 11.2 Å². The topological polar surface area (TPSA) is 202 Å². The van der Waals surface area contributed by atoms with Gasteiger partial charge in [0.05, 0.1) is 39.6 Å². The second kappa shape index (κ2) is 17.5. The first-order chi connectivity index (χ1) is 21.6. The zero-order valence-corrected chi connectivity index (χ0v) is 30.2. The summed E-state index contributed by atoms with van der Waals surface area (Å²) in [5, 5.41) is 21.5. The molecule has 15 nitrogen and oxygen atoms in total. The fourth-order valence-corrected chi connectivity index (χ4v) is 6.52. The van der Waals surface area contributed by atoms with Gasteiger partial charge in [-0.1, -0.05) is 65.1 Å². The molecule has 3 N–H and O–H groups in total. The standard InChI is InChI=1S/C28H46FN2O13PS2/c1-25(2,3)22(34)46-16-14-39-10-12-41-45(38,42-13-11-40-15-17-47-23(35)26(4,5)6)43-18-28(29)20(33)27(7,37)21(44-28)31-9-8-19(32)30-24(31)36/h8-9,20-21,33,37H,10-18H2,1-7H3,(H,30,32,36). The Labute approximate surface area is 281 Å². The number of H-pyrrole nitrogens is 1. The van der Waals surface area contributed by atoms with Crippen molar-refractivity contribution in [1.82, 2.24) is 9.55 Å². The van der Waals surface area contributed by atoms with Crippen LogP contribution in [0.4, 0.5) is 4.39 Å². The molecule has 1 aliphatic heterocycles. The van der Waals surface area contributed by atoms with Crippen LogP contribution in [-0.2, 0) is 41.9 Å². The summed E-state index contributed by atoms with van der Waals surface area (Å²) in [5.41, 5.74) is -5.21. The molecule has 4 atom stereocenters. The van der Waals surface area contributed by atoms with Crippen molar-refractivity contribution >= 4 is 41.6 Å². The van der Waals surface area contributed by atoms with E-state index in [0.717, 1.165) is 42.7 Å². The number of hydrogen-bond acceptors (Lipinski definition) is 15. The molecule has 0 saturated carbocycles. The largest absolute Gasteiger partial charge is 0.475 e. The number of aromatic amines is 1. The number of phosphoric acid groups is 1. The van der Waals surface area contributed by atoms with Crippen LogP contribution in [0.5, 0.6) is 0 Å². The molecule has 270 valence electrons. The molecule has 1 aromatic heterocycles. The second-order valence-electron chi connectivity index (χ2n) is 12.8. The van der Waals surface area contributed by atoms with E-state index in [1.807, 2.05) is 4.98 Å². The summed E-state index contributed by atoms with van der Waals surface area (Å²) in [7, 11) is -4.58. The molecular formula is C28H46FN2O13PS2. The van der Waals surface area contributed by atoms with Crippen LogP contribution in [0.25, 0.3) is 0 Å². The SMILES string of the molecule is CC(C)(C)C(=O)SCCOCCOP(=O)(OCCOCCSC(=O)C(C)(C)C)OCC1(F)OC(n2ccc(=O)[nH]c2=O)C(C)(O)C1O. The number of nitrogens with one attached hydrogen (secondary N) is 1. The molecule has 1 aliphatic rings. The first kappa shape index (κ1) is 41.7. The van der Waals surface area contributed by atoms with Crippen molar-refractivity contribution in [2.75, 3.05) is 57.8 Å². The molecule has 1 saturated heterocycles. The number of carbonyl (C=O) groups excluding carboxylic acids is 2. The van der Waals surface area contributed by atoms with Crippen LogP contribution >= 0.6 is 31.3 Å². The van der Waals surface area contributed by atoms with Crippen LogP contribution in [0.15, 0.2) is 21.9 Å². The van der Waals surface area contributed by atoms with Gasteiger partial charge >= 0.3 is 13.5 Å². The lowest BCUT2D eigenvalue weighted by molar-refractivity contribution is -0.205. The van der Waals surface area contributed by atoms with Gasteiger partial charge in [-0.05, 0) is 6.92 Å². The Kier molecular flexibility index (Phi) is 15.5. The zero-order valence-electron chi connectivity index (χ0n) is 27.6. The van der Waals surface area contributed by atoms with Crippen LogP contribution in [0.1, 0.15) is 54.7 Å². The van der Waals surface area contributed by atoms with E-state index in [1.165, 1.54) is 0 Å². The minimum atomic E-state index is -4.58. The third-order valence-corrected chi connectivity index (χ3v) is 10.3. The van der Waals surface area contributed by atoms with E-state index in [4.69, 9.17) is 27.8 Å². The summed E-state index contributed by atoms with van der Waals surface area (Å²) < 4.78 is 61.9. The van der Waals surface area contributed by atoms with E-state index in [2.05, 4.69) is 0 Å². The number of halogens is 1. The first-order valence-electron chi connectivity index (χ1n) is 14.7. The number of ether oxygens (including phenoxy) is 3. The van der Waals surface area contributed by atoms with Crippen molar-refractivity contribution in [3.8, 4) is 0 Å². The summed E-state index contributed by atoms with van der Waals surface area (Å²) in [6.07, 6.45) is -3.18. The summed E-state index contributed by atoms with van der Waals surface area (Å²) >= 11 is 2.22. The van der Waals surface area contributed by atoms with Gasteiger partial charge in [-0.3, -0.25) is 37.5 Å². The van der Waals surface area contributed by atoms with Crippen LogP contribution in [-0.4, -0.2) is 105 Å². The molecule has 0 spiro atoms. The lowest BCUT2D eigenvalue weighted by atomic mass is 9.95. The minimum absolute atomic E-state index is 0.00613. The van der Waals surface area contributed by atoms with Crippen molar-refractivity contribution in [3.05, 3.63) is 33.1 Å². The third-order valence-electron chi connectivity index (χ3n) is 6.39. The number of aromatic nitrogens is 2. The Hall–Kier alpha value is -1.44. The average molecular weight is 733 g/mol. The van der Waals surface area contributed by atoms with E-state index in [0.29, 0.717) is 16.1 Å². The predicted molar refractivity (Wildman–Crippen MR) is 173 cm³/mol. The molecule has 0 bridgehead atoms. The number of aliphatic hydroxyl groups is 2. The molecule has 1 aromatic rings. The quantitative estimate of drug-likeness (QED) is 0.147. The first-order valence-corrected chi connectivity index (χ1v) is 18.2. The Bertz CT molecular complexity index is 1320. The van der Waals surface area contributed by atoms with E-state index >= 15 is 4.39 Å². The van der Waals surface area contributed by atoms with Crippen molar-refractivity contribution in [2.24, 2.45) is 10.8 Å². The number of hydrogen-bond donors (Lipinski definition) is 3. The number of alkyl halides is 1. The summed E-state index contributed by atoms with van der Waals surface area (Å²) in [6, 6.07) is 0.935. The van der Waals surface area contributed by atoms with Gasteiger partial charge < -0.3 is 24.4 Å². The molecule has 47 heavy (non-hydrogen) atoms. The van der Waals surface area contributed by atoms with Crippen molar-refractivity contribution in [2.45, 2.75) is 72.3 Å². The highest BCUT2D eigenvalue weighted by Gasteiger charge is 2.63. The zero-order chi connectivity index (χ0) is 35.7. The molecule has 0 radical (unpaired) electrons. The van der Waals surface area contributed by atoms with Crippen LogP contribution in [0.2, 0.25) is 0 Å². The number of phosphoric ester groups is 1. The lowest BCUT2D eigenvalue weighted by Gasteiger charge is -2.28. The van der Waals surface area contributed by atoms with Gasteiger partial charge in [-0.2, -0.15) is 0 Å². The van der Waals surface area contributed by atoms with Gasteiger partial charge in [0.15, 0.2) is 16.5 Å². The highest BCUT2D eigenvalue weighted by atomic mass is 32.2. The van der Waals surface area contributed by atoms with Crippen molar-refractivity contribution in [1.29, 1.82) is 0 Å². The molecule has 0 aliphatic carbocycles. The fourth-order valence-electron chi connectivity index (χ4n) is 3.72. The number of nitrogens with zero attached hydrogens (tertiary/aromatic N) is 1. The monoisotopic (exact) mass is 732 g/mol. The average Bonchev–Trinajstić information content (AvgIpc) is 3.14. The van der Waals surface area contributed by atoms with Gasteiger partial charge in [0, 0.05) is 34.6 Å². The number of rotatable bonds is 18. The maximum Gasteiger partial charge on any atom is 0.475 e. The van der Waals surface area contributed by atoms with E-state index < -0.39 is 60.3 Å². The van der Waals surface area contributed by atoms with Gasteiger partial charge in [0.2, 0.25) is 0 Å². The van der Waals surface area contributed by atoms with Gasteiger partial charge in [0.1, 0.15) is 18.3 Å². The Balaban J connectivity index is 2.00. The predicted octanol–water partition coefficient (Wildman–Crippen LogP) is 2.65. The molecular weight excluding hydrogens is 686 g/mol. The minimum Gasteiger partial charge on any atom is -0.384 e. The molecule has 0 amide bonds. The van der Waals surface area contributed by atoms with Crippen LogP contribution in [0.3, 0.4) is 0 Å². The summed E-state index contributed by atoms with van der Waals surface area (Å²) in [6.45, 7) is 10.0. The van der Waals surface area contributed by atoms with E-state index in [1.54, 1.807) is 41.5 Å². The normalized spacial score (nSPS) is 23.7. The summed E-state index contributed by atoms with van der Waals surface area (Å²) in [4.78, 5) is 49.7. The molecule has 19 heteroatoms. The van der Waals surface area contributed by atoms with Gasteiger partial charge in [-0.15, -0.1) is 0 Å².